The maximum Gasteiger partial charge on any atom is 0.309 e. The van der Waals surface area contributed by atoms with Gasteiger partial charge in [0.05, 0.1) is 18.9 Å². The largest absolute Gasteiger partial charge is 0.469 e. The maximum atomic E-state index is 12.3. The third-order valence-electron chi connectivity index (χ3n) is 3.97. The van der Waals surface area contributed by atoms with E-state index in [1.807, 2.05) is 11.0 Å². The Morgan fingerprint density at radius 2 is 2.25 bits per heavy atom. The van der Waals surface area contributed by atoms with Crippen LogP contribution in [-0.2, 0) is 14.3 Å². The van der Waals surface area contributed by atoms with Gasteiger partial charge in [-0.25, -0.2) is 0 Å². The molecule has 106 valence electrons. The third kappa shape index (κ3) is 2.50. The molecule has 0 radical (unpaired) electrons. The van der Waals surface area contributed by atoms with Crippen LogP contribution < -0.4 is 0 Å². The molecule has 1 saturated carbocycles. The minimum atomic E-state index is -0.254. The van der Waals surface area contributed by atoms with Crippen LogP contribution in [0.5, 0.6) is 0 Å². The highest BCUT2D eigenvalue weighted by atomic mass is 32.1. The van der Waals surface area contributed by atoms with Crippen molar-refractivity contribution in [2.75, 3.05) is 20.2 Å². The van der Waals surface area contributed by atoms with Crippen LogP contribution in [0, 0.1) is 11.8 Å². The average molecular weight is 291 g/mol. The molecular formula is C15H17NO3S. The first-order chi connectivity index (χ1) is 9.70. The molecule has 0 saturated heterocycles. The lowest BCUT2D eigenvalue weighted by molar-refractivity contribution is -0.144. The summed E-state index contributed by atoms with van der Waals surface area (Å²) in [6.45, 7) is 1.39. The summed E-state index contributed by atoms with van der Waals surface area (Å²) in [6.07, 6.45) is 3.66. The Morgan fingerprint density at radius 1 is 1.40 bits per heavy atom. The van der Waals surface area contributed by atoms with E-state index in [1.165, 1.54) is 17.6 Å². The van der Waals surface area contributed by atoms with Gasteiger partial charge in [0.15, 0.2) is 0 Å². The van der Waals surface area contributed by atoms with Crippen LogP contribution in [0.4, 0.5) is 0 Å². The van der Waals surface area contributed by atoms with Crippen LogP contribution in [-0.4, -0.2) is 37.0 Å². The Labute approximate surface area is 122 Å². The van der Waals surface area contributed by atoms with Crippen LogP contribution in [0.15, 0.2) is 23.6 Å². The number of hydrogen-bond donors (Lipinski definition) is 0. The maximum absolute atomic E-state index is 12.3. The fourth-order valence-electron chi connectivity index (χ4n) is 2.67. The molecule has 0 N–H and O–H groups in total. The Hall–Kier alpha value is -1.62. The molecular weight excluding hydrogens is 274 g/mol. The normalized spacial score (nSPS) is 25.1. The second kappa shape index (κ2) is 5.40. The first-order valence-electron chi connectivity index (χ1n) is 6.80. The number of carbonyl (C=O) groups is 2. The van der Waals surface area contributed by atoms with E-state index in [0.29, 0.717) is 13.0 Å². The van der Waals surface area contributed by atoms with Gasteiger partial charge >= 0.3 is 5.97 Å². The zero-order valence-corrected chi connectivity index (χ0v) is 12.2. The molecule has 0 spiro atoms. The van der Waals surface area contributed by atoms with Gasteiger partial charge in [0.25, 0.3) is 0 Å². The molecule has 0 unspecified atom stereocenters. The number of thiophene rings is 1. The molecule has 20 heavy (non-hydrogen) atoms. The number of carbonyl (C=O) groups excluding carboxylic acids is 2. The topological polar surface area (TPSA) is 46.6 Å². The molecule has 1 fully saturated rings. The lowest BCUT2D eigenvalue weighted by Gasteiger charge is -2.26. The highest BCUT2D eigenvalue weighted by Gasteiger charge is 2.50. The Balaban J connectivity index is 1.59. The van der Waals surface area contributed by atoms with Crippen LogP contribution in [0.3, 0.4) is 0 Å². The summed E-state index contributed by atoms with van der Waals surface area (Å²) < 4.78 is 4.69. The molecule has 2 aliphatic rings. The Kier molecular flexibility index (Phi) is 3.61. The van der Waals surface area contributed by atoms with Crippen molar-refractivity contribution in [1.29, 1.82) is 0 Å². The SMILES string of the molecule is COC(=O)[C@@H]1C[C@H]1C(=O)N1CC=C(c2cccs2)CC1. The lowest BCUT2D eigenvalue weighted by atomic mass is 10.1. The summed E-state index contributed by atoms with van der Waals surface area (Å²) >= 11 is 1.73. The van der Waals surface area contributed by atoms with E-state index in [1.54, 1.807) is 11.3 Å². The van der Waals surface area contributed by atoms with Gasteiger partial charge in [0.1, 0.15) is 0 Å². The fourth-order valence-corrected chi connectivity index (χ4v) is 3.47. The molecule has 1 aliphatic carbocycles. The summed E-state index contributed by atoms with van der Waals surface area (Å²) in [5.41, 5.74) is 1.32. The Morgan fingerprint density at radius 3 is 2.85 bits per heavy atom. The smallest absolute Gasteiger partial charge is 0.309 e. The Bertz CT molecular complexity index is 549. The van der Waals surface area contributed by atoms with Crippen LogP contribution in [0.1, 0.15) is 17.7 Å². The monoisotopic (exact) mass is 291 g/mol. The van der Waals surface area contributed by atoms with E-state index in [4.69, 9.17) is 0 Å². The number of esters is 1. The quantitative estimate of drug-likeness (QED) is 0.802. The lowest BCUT2D eigenvalue weighted by Crippen LogP contribution is -2.36. The number of hydrogen-bond acceptors (Lipinski definition) is 4. The van der Waals surface area contributed by atoms with E-state index >= 15 is 0 Å². The predicted molar refractivity (Wildman–Crippen MR) is 77.1 cm³/mol. The summed E-state index contributed by atoms with van der Waals surface area (Å²) in [7, 11) is 1.37. The molecule has 5 heteroatoms. The third-order valence-corrected chi connectivity index (χ3v) is 4.92. The van der Waals surface area contributed by atoms with E-state index < -0.39 is 0 Å². The molecule has 4 nitrogen and oxygen atoms in total. The first-order valence-corrected chi connectivity index (χ1v) is 7.68. The minimum Gasteiger partial charge on any atom is -0.469 e. The molecule has 1 aromatic rings. The number of rotatable bonds is 3. The average Bonchev–Trinajstić information content (AvgIpc) is 3.10. The van der Waals surface area contributed by atoms with Crippen molar-refractivity contribution in [3.8, 4) is 0 Å². The van der Waals surface area contributed by atoms with Gasteiger partial charge in [0.2, 0.25) is 5.91 Å². The fraction of sp³-hybridized carbons (Fsp3) is 0.467. The van der Waals surface area contributed by atoms with E-state index in [2.05, 4.69) is 22.3 Å². The number of nitrogens with zero attached hydrogens (tertiary/aromatic N) is 1. The molecule has 0 aromatic carbocycles. The van der Waals surface area contributed by atoms with Gasteiger partial charge < -0.3 is 9.64 Å². The van der Waals surface area contributed by atoms with Gasteiger partial charge in [-0.2, -0.15) is 0 Å². The standard InChI is InChI=1S/C15H17NO3S/c1-19-15(18)12-9-11(12)14(17)16-6-4-10(5-7-16)13-3-2-8-20-13/h2-4,8,11-12H,5-7,9H2,1H3/t11-,12-/m1/s1. The minimum absolute atomic E-state index is 0.0990. The molecule has 1 aromatic heterocycles. The molecule has 1 aliphatic heterocycles. The van der Waals surface area contributed by atoms with Gasteiger partial charge in [-0.3, -0.25) is 9.59 Å². The number of ether oxygens (including phenoxy) is 1. The highest BCUT2D eigenvalue weighted by Crippen LogP contribution is 2.41. The van der Waals surface area contributed by atoms with Gasteiger partial charge in [-0.05, 0) is 29.9 Å². The second-order valence-corrected chi connectivity index (χ2v) is 6.16. The molecule has 2 heterocycles. The first kappa shape index (κ1) is 13.4. The molecule has 0 bridgehead atoms. The van der Waals surface area contributed by atoms with Crippen molar-refractivity contribution in [3.05, 3.63) is 28.5 Å². The van der Waals surface area contributed by atoms with Gasteiger partial charge in [-0.1, -0.05) is 12.1 Å². The van der Waals surface area contributed by atoms with Crippen molar-refractivity contribution >= 4 is 28.8 Å². The van der Waals surface area contributed by atoms with E-state index in [-0.39, 0.29) is 23.7 Å². The van der Waals surface area contributed by atoms with E-state index in [0.717, 1.165) is 13.0 Å². The van der Waals surface area contributed by atoms with Crippen molar-refractivity contribution in [1.82, 2.24) is 4.90 Å². The van der Waals surface area contributed by atoms with E-state index in [9.17, 15) is 9.59 Å². The van der Waals surface area contributed by atoms with Crippen molar-refractivity contribution in [2.24, 2.45) is 11.8 Å². The molecule has 3 rings (SSSR count). The number of amides is 1. The van der Waals surface area contributed by atoms with Crippen molar-refractivity contribution in [3.63, 3.8) is 0 Å². The highest BCUT2D eigenvalue weighted by molar-refractivity contribution is 7.11. The van der Waals surface area contributed by atoms with Crippen LogP contribution in [0.25, 0.3) is 5.57 Å². The summed E-state index contributed by atoms with van der Waals surface area (Å²) in [5, 5.41) is 2.07. The molecule has 2 atom stereocenters. The zero-order chi connectivity index (χ0) is 14.1. The van der Waals surface area contributed by atoms with Crippen molar-refractivity contribution in [2.45, 2.75) is 12.8 Å². The van der Waals surface area contributed by atoms with Gasteiger partial charge in [0, 0.05) is 18.0 Å². The second-order valence-electron chi connectivity index (χ2n) is 5.21. The van der Waals surface area contributed by atoms with Crippen molar-refractivity contribution < 1.29 is 14.3 Å². The van der Waals surface area contributed by atoms with Crippen LogP contribution >= 0.6 is 11.3 Å². The van der Waals surface area contributed by atoms with Gasteiger partial charge in [-0.15, -0.1) is 11.3 Å². The summed E-state index contributed by atoms with van der Waals surface area (Å²) in [6, 6.07) is 4.16. The van der Waals surface area contributed by atoms with Crippen LogP contribution in [0.2, 0.25) is 0 Å². The zero-order valence-electron chi connectivity index (χ0n) is 11.4. The summed E-state index contributed by atoms with van der Waals surface area (Å²) in [5.74, 6) is -0.522. The molecule has 1 amide bonds. The predicted octanol–water partition coefficient (Wildman–Crippen LogP) is 2.17. The summed E-state index contributed by atoms with van der Waals surface area (Å²) in [4.78, 5) is 26.8. The number of methoxy groups -OCH3 is 1.